The van der Waals surface area contributed by atoms with Crippen LogP contribution in [0.3, 0.4) is 0 Å². The maximum atomic E-state index is 14.2. The lowest BCUT2D eigenvalue weighted by Crippen LogP contribution is -2.49. The number of para-hydroxylation sites is 1. The number of anilines is 1. The van der Waals surface area contributed by atoms with Gasteiger partial charge in [0, 0.05) is 32.6 Å². The van der Waals surface area contributed by atoms with Gasteiger partial charge in [0.25, 0.3) is 5.91 Å². The molecule has 0 aromatic heterocycles. The third kappa shape index (κ3) is 5.10. The van der Waals surface area contributed by atoms with Gasteiger partial charge in [-0.3, -0.25) is 9.69 Å². The minimum atomic E-state index is -0.301. The second-order valence-electron chi connectivity index (χ2n) is 9.14. The van der Waals surface area contributed by atoms with E-state index in [4.69, 9.17) is 5.10 Å². The first-order valence-electron chi connectivity index (χ1n) is 11.9. The van der Waals surface area contributed by atoms with E-state index in [1.54, 1.807) is 29.3 Å². The van der Waals surface area contributed by atoms with Gasteiger partial charge in [0.15, 0.2) is 0 Å². The Kier molecular flexibility index (Phi) is 6.59. The quantitative estimate of drug-likeness (QED) is 0.535. The molecule has 180 valence electrons. The minimum absolute atomic E-state index is 0.0768. The number of aryl methyl sites for hydroxylation is 1. The number of hydrogen-bond donors (Lipinski definition) is 0. The second-order valence-corrected chi connectivity index (χ2v) is 9.14. The highest BCUT2D eigenvalue weighted by atomic mass is 19.1. The summed E-state index contributed by atoms with van der Waals surface area (Å²) < 4.78 is 27.6. The van der Waals surface area contributed by atoms with Crippen molar-refractivity contribution in [3.63, 3.8) is 0 Å². The standard InChI is InChI=1S/C28H28F2N4O/c1-20-6-8-22(9-7-20)27-18-25(21-10-12-23(29)13-11-21)31-34(27)28(35)19-32-14-16-33(17-15-32)26-5-3-2-4-24(26)30/h2-13,27H,14-19H2,1H3. The number of nitrogens with zero attached hydrogens (tertiary/aromatic N) is 4. The Hall–Kier alpha value is -3.58. The number of carbonyl (C=O) groups excluding carboxylic acids is 1. The van der Waals surface area contributed by atoms with Crippen LogP contribution in [0.4, 0.5) is 14.5 Å². The summed E-state index contributed by atoms with van der Waals surface area (Å²) in [5, 5.41) is 6.29. The lowest BCUT2D eigenvalue weighted by atomic mass is 9.97. The van der Waals surface area contributed by atoms with Crippen LogP contribution in [0.15, 0.2) is 77.9 Å². The average molecular weight is 475 g/mol. The largest absolute Gasteiger partial charge is 0.367 e. The lowest BCUT2D eigenvalue weighted by molar-refractivity contribution is -0.134. The van der Waals surface area contributed by atoms with E-state index >= 15 is 0 Å². The minimum Gasteiger partial charge on any atom is -0.367 e. The summed E-state index contributed by atoms with van der Waals surface area (Å²) in [6, 6.07) is 21.0. The first-order chi connectivity index (χ1) is 17.0. The van der Waals surface area contributed by atoms with Crippen molar-refractivity contribution in [3.8, 4) is 0 Å². The van der Waals surface area contributed by atoms with Gasteiger partial charge in [-0.25, -0.2) is 13.8 Å². The molecular weight excluding hydrogens is 446 g/mol. The van der Waals surface area contributed by atoms with Crippen LogP contribution in [-0.4, -0.2) is 54.3 Å². The summed E-state index contributed by atoms with van der Waals surface area (Å²) in [6.45, 7) is 4.91. The van der Waals surface area contributed by atoms with Gasteiger partial charge in [-0.1, -0.05) is 54.1 Å². The first kappa shape index (κ1) is 23.2. The summed E-state index contributed by atoms with van der Waals surface area (Å²) in [6.07, 6.45) is 0.571. The molecule has 0 spiro atoms. The third-order valence-electron chi connectivity index (χ3n) is 6.73. The summed E-state index contributed by atoms with van der Waals surface area (Å²) >= 11 is 0. The van der Waals surface area contributed by atoms with Gasteiger partial charge in [-0.15, -0.1) is 0 Å². The number of benzene rings is 3. The fourth-order valence-corrected chi connectivity index (χ4v) is 4.72. The van der Waals surface area contributed by atoms with Crippen molar-refractivity contribution in [1.29, 1.82) is 0 Å². The first-order valence-corrected chi connectivity index (χ1v) is 11.9. The Morgan fingerprint density at radius 1 is 0.914 bits per heavy atom. The van der Waals surface area contributed by atoms with Gasteiger partial charge < -0.3 is 4.90 Å². The van der Waals surface area contributed by atoms with Crippen LogP contribution in [0.1, 0.15) is 29.2 Å². The van der Waals surface area contributed by atoms with E-state index < -0.39 is 0 Å². The van der Waals surface area contributed by atoms with Gasteiger partial charge in [0.2, 0.25) is 0 Å². The van der Waals surface area contributed by atoms with Gasteiger partial charge in [-0.05, 0) is 42.3 Å². The van der Waals surface area contributed by atoms with E-state index in [9.17, 15) is 13.6 Å². The number of piperazine rings is 1. The maximum absolute atomic E-state index is 14.2. The fourth-order valence-electron chi connectivity index (χ4n) is 4.72. The topological polar surface area (TPSA) is 39.2 Å². The Balaban J connectivity index is 1.30. The number of hydrogen-bond acceptors (Lipinski definition) is 4. The molecule has 5 rings (SSSR count). The van der Waals surface area contributed by atoms with E-state index in [1.165, 1.54) is 18.2 Å². The van der Waals surface area contributed by atoms with E-state index in [2.05, 4.69) is 4.90 Å². The van der Waals surface area contributed by atoms with Crippen molar-refractivity contribution in [3.05, 3.63) is 101 Å². The number of carbonyl (C=O) groups is 1. The van der Waals surface area contributed by atoms with Crippen molar-refractivity contribution in [1.82, 2.24) is 9.91 Å². The normalized spacial score (nSPS) is 18.6. The molecule has 35 heavy (non-hydrogen) atoms. The van der Waals surface area contributed by atoms with Crippen LogP contribution < -0.4 is 4.90 Å². The van der Waals surface area contributed by atoms with Crippen molar-refractivity contribution in [2.45, 2.75) is 19.4 Å². The molecule has 2 aliphatic rings. The average Bonchev–Trinajstić information content (AvgIpc) is 3.31. The molecule has 5 nitrogen and oxygen atoms in total. The highest BCUT2D eigenvalue weighted by Gasteiger charge is 2.34. The molecule has 1 fully saturated rings. The van der Waals surface area contributed by atoms with E-state index in [1.807, 2.05) is 42.2 Å². The molecule has 0 aliphatic carbocycles. The molecule has 7 heteroatoms. The van der Waals surface area contributed by atoms with Gasteiger partial charge in [0.05, 0.1) is 24.0 Å². The number of rotatable bonds is 5. The maximum Gasteiger partial charge on any atom is 0.257 e. The Bertz CT molecular complexity index is 1220. The SMILES string of the molecule is Cc1ccc(C2CC(c3ccc(F)cc3)=NN2C(=O)CN2CCN(c3ccccc3F)CC2)cc1. The zero-order valence-corrected chi connectivity index (χ0v) is 19.7. The molecule has 0 N–H and O–H groups in total. The number of amides is 1. The smallest absolute Gasteiger partial charge is 0.257 e. The highest BCUT2D eigenvalue weighted by molar-refractivity contribution is 6.03. The Morgan fingerprint density at radius 3 is 2.29 bits per heavy atom. The molecule has 1 unspecified atom stereocenters. The number of halogens is 2. The molecule has 3 aromatic carbocycles. The van der Waals surface area contributed by atoms with Crippen molar-refractivity contribution in [2.75, 3.05) is 37.6 Å². The molecule has 1 amide bonds. The van der Waals surface area contributed by atoms with Gasteiger partial charge in [0.1, 0.15) is 11.6 Å². The monoisotopic (exact) mass is 474 g/mol. The zero-order chi connectivity index (χ0) is 24.4. The van der Waals surface area contributed by atoms with E-state index in [0.29, 0.717) is 38.3 Å². The van der Waals surface area contributed by atoms with Crippen LogP contribution in [0.2, 0.25) is 0 Å². The van der Waals surface area contributed by atoms with Crippen LogP contribution in [0, 0.1) is 18.6 Å². The summed E-state index contributed by atoms with van der Waals surface area (Å²) in [7, 11) is 0. The number of hydrazone groups is 1. The summed E-state index contributed by atoms with van der Waals surface area (Å²) in [5.74, 6) is -0.602. The zero-order valence-electron chi connectivity index (χ0n) is 19.7. The van der Waals surface area contributed by atoms with E-state index in [-0.39, 0.29) is 30.1 Å². The molecule has 2 heterocycles. The Labute approximate surface area is 204 Å². The molecular formula is C28H28F2N4O. The highest BCUT2D eigenvalue weighted by Crippen LogP contribution is 2.33. The van der Waals surface area contributed by atoms with Crippen LogP contribution in [0.25, 0.3) is 0 Å². The molecule has 1 saturated heterocycles. The van der Waals surface area contributed by atoms with Gasteiger partial charge >= 0.3 is 0 Å². The predicted octanol–water partition coefficient (Wildman–Crippen LogP) is 4.77. The van der Waals surface area contributed by atoms with Gasteiger partial charge in [-0.2, -0.15) is 5.10 Å². The predicted molar refractivity (Wildman–Crippen MR) is 133 cm³/mol. The van der Waals surface area contributed by atoms with Crippen molar-refractivity contribution in [2.24, 2.45) is 5.10 Å². The molecule has 0 radical (unpaired) electrons. The molecule has 3 aromatic rings. The van der Waals surface area contributed by atoms with E-state index in [0.717, 1.165) is 22.4 Å². The van der Waals surface area contributed by atoms with Crippen LogP contribution in [-0.2, 0) is 4.79 Å². The third-order valence-corrected chi connectivity index (χ3v) is 6.73. The lowest BCUT2D eigenvalue weighted by Gasteiger charge is -2.36. The fraction of sp³-hybridized carbons (Fsp3) is 0.286. The molecule has 0 saturated carbocycles. The van der Waals surface area contributed by atoms with Crippen molar-refractivity contribution < 1.29 is 13.6 Å². The Morgan fingerprint density at radius 2 is 1.60 bits per heavy atom. The molecule has 1 atom stereocenters. The summed E-state index contributed by atoms with van der Waals surface area (Å²) in [4.78, 5) is 17.6. The second kappa shape index (κ2) is 9.96. The molecule has 2 aliphatic heterocycles. The summed E-state index contributed by atoms with van der Waals surface area (Å²) in [5.41, 5.74) is 4.36. The van der Waals surface area contributed by atoms with Crippen LogP contribution >= 0.6 is 0 Å². The molecule has 0 bridgehead atoms. The van der Waals surface area contributed by atoms with Crippen molar-refractivity contribution >= 4 is 17.3 Å². The van der Waals surface area contributed by atoms with Crippen LogP contribution in [0.5, 0.6) is 0 Å².